The molecule has 1 unspecified atom stereocenters. The highest BCUT2D eigenvalue weighted by Crippen LogP contribution is 2.29. The average Bonchev–Trinajstić information content (AvgIpc) is 2.91. The van der Waals surface area contributed by atoms with E-state index in [0.717, 1.165) is 18.4 Å². The molecule has 1 saturated heterocycles. The van der Waals surface area contributed by atoms with Crippen molar-refractivity contribution in [2.75, 3.05) is 29.7 Å². The molecule has 0 aromatic carbocycles. The Labute approximate surface area is 170 Å². The van der Waals surface area contributed by atoms with Gasteiger partial charge in [0.1, 0.15) is 22.6 Å². The lowest BCUT2D eigenvalue weighted by atomic mass is 10.1. The van der Waals surface area contributed by atoms with Crippen LogP contribution >= 0.6 is 0 Å². The van der Waals surface area contributed by atoms with Gasteiger partial charge in [0.25, 0.3) is 5.91 Å². The highest BCUT2D eigenvalue weighted by molar-refractivity contribution is 7.86. The minimum Gasteiger partial charge on any atom is -0.503 e. The van der Waals surface area contributed by atoms with Crippen LogP contribution in [-0.2, 0) is 17.5 Å². The molecule has 154 valence electrons. The molecule has 1 aromatic heterocycles. The molecule has 0 spiro atoms. The minimum atomic E-state index is -1.27. The van der Waals surface area contributed by atoms with Crippen molar-refractivity contribution in [3.8, 4) is 5.75 Å². The molecule has 9 heteroatoms. The predicted molar refractivity (Wildman–Crippen MR) is 109 cm³/mol. The first-order valence-corrected chi connectivity index (χ1v) is 10.9. The van der Waals surface area contributed by atoms with Crippen molar-refractivity contribution in [2.24, 2.45) is 0 Å². The molecule has 3 aliphatic rings. The number of aromatic nitrogens is 1. The summed E-state index contributed by atoms with van der Waals surface area (Å²) in [6.07, 6.45) is 8.40. The van der Waals surface area contributed by atoms with Crippen molar-refractivity contribution in [1.29, 1.82) is 0 Å². The molecule has 0 bridgehead atoms. The zero-order valence-electron chi connectivity index (χ0n) is 15.8. The average molecular weight is 419 g/mol. The molecule has 1 aromatic rings. The van der Waals surface area contributed by atoms with Crippen LogP contribution in [0.3, 0.4) is 0 Å². The summed E-state index contributed by atoms with van der Waals surface area (Å²) >= 11 is 0. The number of carbonyl (C=O) groups is 1. The molecular formula is C20H22FN3O4S. The summed E-state index contributed by atoms with van der Waals surface area (Å²) < 4.78 is 29.1. The second-order valence-corrected chi connectivity index (χ2v) is 8.71. The third-order valence-electron chi connectivity index (χ3n) is 5.30. The highest BCUT2D eigenvalue weighted by atomic mass is 32.2. The molecule has 29 heavy (non-hydrogen) atoms. The van der Waals surface area contributed by atoms with Gasteiger partial charge in [0.2, 0.25) is 5.43 Å². The van der Waals surface area contributed by atoms with Gasteiger partial charge in [0.05, 0.1) is 0 Å². The van der Waals surface area contributed by atoms with Crippen LogP contribution in [0.1, 0.15) is 29.8 Å². The van der Waals surface area contributed by atoms with Gasteiger partial charge >= 0.3 is 0 Å². The maximum Gasteiger partial charge on any atom is 0.274 e. The molecule has 0 radical (unpaired) electrons. The van der Waals surface area contributed by atoms with E-state index in [2.05, 4.69) is 0 Å². The molecule has 0 saturated carbocycles. The lowest BCUT2D eigenvalue weighted by Crippen LogP contribution is -2.45. The van der Waals surface area contributed by atoms with Crippen molar-refractivity contribution in [3.05, 3.63) is 57.7 Å². The summed E-state index contributed by atoms with van der Waals surface area (Å²) in [7, 11) is -1.27. The van der Waals surface area contributed by atoms with Crippen molar-refractivity contribution in [3.63, 3.8) is 0 Å². The summed E-state index contributed by atoms with van der Waals surface area (Å²) in [4.78, 5) is 27.0. The normalized spacial score (nSPS) is 22.1. The Morgan fingerprint density at radius 2 is 1.93 bits per heavy atom. The van der Waals surface area contributed by atoms with E-state index in [9.17, 15) is 23.3 Å². The monoisotopic (exact) mass is 419 g/mol. The molecule has 1 N–H and O–H groups in total. The number of anilines is 1. The molecular weight excluding hydrogens is 397 g/mol. The first-order chi connectivity index (χ1) is 14.0. The van der Waals surface area contributed by atoms with E-state index in [0.29, 0.717) is 37.6 Å². The molecule has 1 aliphatic carbocycles. The smallest absolute Gasteiger partial charge is 0.274 e. The standard InChI is InChI=1S/C20H22FN3O4S/c21-15-5-3-4-14(6-7-15)13-22-9-10-23-17(24-8-1-2-11-29(24)28)12-16(25)19(26)18(23)20(22)27/h4-7,12,26H,1-3,8-11,13H2. The van der Waals surface area contributed by atoms with Crippen LogP contribution in [0.4, 0.5) is 10.2 Å². The summed E-state index contributed by atoms with van der Waals surface area (Å²) in [5.41, 5.74) is 0.0403. The lowest BCUT2D eigenvalue weighted by Gasteiger charge is -2.35. The van der Waals surface area contributed by atoms with Gasteiger partial charge in [-0.1, -0.05) is 12.2 Å². The Morgan fingerprint density at radius 3 is 2.72 bits per heavy atom. The van der Waals surface area contributed by atoms with Crippen LogP contribution in [0.25, 0.3) is 0 Å². The number of pyridine rings is 1. The number of nitrogens with zero attached hydrogens (tertiary/aromatic N) is 3. The van der Waals surface area contributed by atoms with Gasteiger partial charge in [-0.2, -0.15) is 0 Å². The first kappa shape index (κ1) is 19.6. The maximum atomic E-state index is 13.4. The van der Waals surface area contributed by atoms with Gasteiger partial charge in [-0.25, -0.2) is 8.60 Å². The van der Waals surface area contributed by atoms with Crippen LogP contribution in [-0.4, -0.2) is 50.1 Å². The molecule has 7 nitrogen and oxygen atoms in total. The third-order valence-corrected chi connectivity index (χ3v) is 6.80. The van der Waals surface area contributed by atoms with E-state index in [1.165, 1.54) is 23.1 Å². The summed E-state index contributed by atoms with van der Waals surface area (Å²) in [6.45, 7) is 1.51. The molecule has 2 aliphatic heterocycles. The second-order valence-electron chi connectivity index (χ2n) is 7.21. The highest BCUT2D eigenvalue weighted by Gasteiger charge is 2.33. The van der Waals surface area contributed by atoms with Crippen molar-refractivity contribution in [2.45, 2.75) is 25.8 Å². The zero-order valence-corrected chi connectivity index (χ0v) is 16.7. The number of hydrogen-bond acceptors (Lipinski definition) is 4. The third kappa shape index (κ3) is 3.78. The molecule has 1 amide bonds. The number of hydrogen-bond donors (Lipinski definition) is 1. The van der Waals surface area contributed by atoms with Gasteiger partial charge in [0.15, 0.2) is 11.4 Å². The molecule has 3 heterocycles. The molecule has 4 rings (SSSR count). The predicted octanol–water partition coefficient (Wildman–Crippen LogP) is 2.01. The largest absolute Gasteiger partial charge is 0.503 e. The summed E-state index contributed by atoms with van der Waals surface area (Å²) in [5, 5.41) is 10.3. The van der Waals surface area contributed by atoms with E-state index in [1.807, 2.05) is 6.08 Å². The molecule has 1 fully saturated rings. The molecule has 1 atom stereocenters. The van der Waals surface area contributed by atoms with Gasteiger partial charge in [-0.05, 0) is 37.0 Å². The Balaban J connectivity index is 1.67. The van der Waals surface area contributed by atoms with Crippen LogP contribution in [0.5, 0.6) is 5.75 Å². The van der Waals surface area contributed by atoms with Gasteiger partial charge in [0, 0.05) is 38.0 Å². The Kier molecular flexibility index (Phi) is 5.40. The van der Waals surface area contributed by atoms with E-state index >= 15 is 0 Å². The maximum absolute atomic E-state index is 13.4. The van der Waals surface area contributed by atoms with Gasteiger partial charge in [-0.3, -0.25) is 13.9 Å². The van der Waals surface area contributed by atoms with Crippen molar-refractivity contribution < 1.29 is 18.5 Å². The van der Waals surface area contributed by atoms with E-state index < -0.39 is 28.1 Å². The van der Waals surface area contributed by atoms with Gasteiger partial charge < -0.3 is 14.6 Å². The van der Waals surface area contributed by atoms with Crippen molar-refractivity contribution in [1.82, 2.24) is 9.47 Å². The van der Waals surface area contributed by atoms with E-state index in [4.69, 9.17) is 0 Å². The van der Waals surface area contributed by atoms with Gasteiger partial charge in [-0.15, -0.1) is 0 Å². The topological polar surface area (TPSA) is 82.9 Å². The van der Waals surface area contributed by atoms with Crippen LogP contribution in [0, 0.1) is 0 Å². The number of amides is 1. The fraction of sp³-hybridized carbons (Fsp3) is 0.400. The fourth-order valence-corrected chi connectivity index (χ4v) is 5.15. The van der Waals surface area contributed by atoms with E-state index in [-0.39, 0.29) is 18.1 Å². The fourth-order valence-electron chi connectivity index (χ4n) is 3.79. The van der Waals surface area contributed by atoms with Crippen molar-refractivity contribution >= 4 is 22.7 Å². The first-order valence-electron chi connectivity index (χ1n) is 9.60. The number of rotatable bonds is 3. The zero-order chi connectivity index (χ0) is 20.5. The van der Waals surface area contributed by atoms with Crippen LogP contribution < -0.4 is 9.73 Å². The number of aromatic hydroxyl groups is 1. The Morgan fingerprint density at radius 1 is 1.10 bits per heavy atom. The number of allylic oxidation sites excluding steroid dienone is 4. The van der Waals surface area contributed by atoms with E-state index in [1.54, 1.807) is 14.9 Å². The summed E-state index contributed by atoms with van der Waals surface area (Å²) in [5.74, 6) is -0.467. The van der Waals surface area contributed by atoms with Crippen LogP contribution in [0.15, 0.2) is 46.6 Å². The minimum absolute atomic E-state index is 0.0798. The number of halogens is 1. The Bertz CT molecular complexity index is 1030. The number of fused-ring (bicyclic) bond motifs is 1. The Hall–Kier alpha value is -2.68. The second kappa shape index (κ2) is 7.98. The lowest BCUT2D eigenvalue weighted by molar-refractivity contribution is 0.0715. The van der Waals surface area contributed by atoms with Crippen LogP contribution in [0.2, 0.25) is 0 Å². The quantitative estimate of drug-likeness (QED) is 0.813. The summed E-state index contributed by atoms with van der Waals surface area (Å²) in [6, 6.07) is 1.26. The number of carbonyl (C=O) groups excluding carboxylic acids is 1. The SMILES string of the molecule is O=C1c2c(O)c(=O)cc(N3CCCCS3=O)n2CCN1CC1=CCC=C(F)C=C1.